The highest BCUT2D eigenvalue weighted by Crippen LogP contribution is 2.31. The number of carbonyl (C=O) groups excluding carboxylic acids is 3. The molecule has 3 heterocycles. The number of phenolic OH excluding ortho intramolecular Hbond substituents is 1. The third-order valence-electron chi connectivity index (χ3n) is 12.6. The summed E-state index contributed by atoms with van der Waals surface area (Å²) in [5.41, 5.74) is 4.97. The molecule has 13 nitrogen and oxygen atoms in total. The van der Waals surface area contributed by atoms with Gasteiger partial charge in [-0.05, 0) is 115 Å². The van der Waals surface area contributed by atoms with Crippen LogP contribution in [0.1, 0.15) is 69.5 Å². The molecule has 5 aromatic carbocycles. The van der Waals surface area contributed by atoms with Crippen LogP contribution < -0.4 is 20.9 Å². The van der Waals surface area contributed by atoms with E-state index in [9.17, 15) is 29.4 Å². The highest BCUT2D eigenvalue weighted by Gasteiger charge is 2.29. The van der Waals surface area contributed by atoms with Crippen LogP contribution in [0.4, 0.5) is 0 Å². The first-order chi connectivity index (χ1) is 32.2. The molecule has 1 unspecified atom stereocenters. The van der Waals surface area contributed by atoms with Crippen molar-refractivity contribution in [2.24, 2.45) is 5.92 Å². The van der Waals surface area contributed by atoms with E-state index in [2.05, 4.69) is 44.8 Å². The summed E-state index contributed by atoms with van der Waals surface area (Å²) in [6.07, 6.45) is 2.37. The lowest BCUT2D eigenvalue weighted by Crippen LogP contribution is -2.40. The largest absolute Gasteiger partial charge is 0.506 e. The van der Waals surface area contributed by atoms with Crippen LogP contribution >= 0.6 is 0 Å². The van der Waals surface area contributed by atoms with Crippen molar-refractivity contribution in [1.29, 1.82) is 0 Å². The van der Waals surface area contributed by atoms with Crippen LogP contribution in [0.15, 0.2) is 138 Å². The molecule has 0 bridgehead atoms. The van der Waals surface area contributed by atoms with Crippen molar-refractivity contribution in [2.45, 2.75) is 50.3 Å². The molecule has 5 N–H and O–H groups in total. The van der Waals surface area contributed by atoms with Gasteiger partial charge in [-0.2, -0.15) is 0 Å². The normalized spacial score (nSPS) is 16.4. The monoisotopic (exact) mass is 891 g/mol. The molecular formula is C53H57N5O8. The topological polar surface area (TPSA) is 174 Å². The Kier molecular flexibility index (Phi) is 15.2. The fourth-order valence-electron chi connectivity index (χ4n) is 8.94. The third-order valence-corrected chi connectivity index (χ3v) is 12.6. The first-order valence-corrected chi connectivity index (χ1v) is 22.8. The van der Waals surface area contributed by atoms with Crippen LogP contribution in [0.25, 0.3) is 10.9 Å². The van der Waals surface area contributed by atoms with Crippen molar-refractivity contribution in [1.82, 2.24) is 25.4 Å². The number of benzene rings is 5. The van der Waals surface area contributed by atoms with Gasteiger partial charge in [-0.25, -0.2) is 0 Å². The summed E-state index contributed by atoms with van der Waals surface area (Å²) in [6, 6.07) is 40.6. The number of hydrogen-bond donors (Lipinski definition) is 5. The second kappa shape index (κ2) is 21.9. The van der Waals surface area contributed by atoms with Gasteiger partial charge in [-0.15, -0.1) is 0 Å². The number of ether oxygens (including phenoxy) is 2. The maximum atomic E-state index is 13.8. The number of hydrogen-bond acceptors (Lipinski definition) is 10. The smallest absolute Gasteiger partial charge is 0.317 e. The first kappa shape index (κ1) is 45.8. The van der Waals surface area contributed by atoms with Gasteiger partial charge in [0.25, 0.3) is 11.8 Å². The van der Waals surface area contributed by atoms with Crippen molar-refractivity contribution >= 4 is 28.7 Å². The number of aliphatic hydroxyl groups excluding tert-OH is 1. The Morgan fingerprint density at radius 2 is 1.53 bits per heavy atom. The number of phenols is 1. The summed E-state index contributed by atoms with van der Waals surface area (Å²) in [5.74, 6) is -0.670. The number of nitrogens with one attached hydrogen (secondary N) is 3. The van der Waals surface area contributed by atoms with Gasteiger partial charge in [-0.3, -0.25) is 24.1 Å². The standard InChI is InChI=1S/C53H57N5O8/c59-46-20-18-44(45-19-21-48(61)56-51(45)46)47(60)31-54-26-22-36-14-16-40(17-15-36)52(63)58-29-25-42(33-58)55-49(62)35-65-43-13-7-12-41(30-43)50(39-10-5-2-6-11-39)53(64)66-34-38-23-27-57(28-24-38)32-37-8-3-1-4-9-37/h1-21,30,38,42,47,50,54,59-60H,22-29,31-35H2,(H,55,62)(H,56,61)/t42-,47-,50?/m0/s1. The van der Waals surface area contributed by atoms with E-state index in [1.807, 2.05) is 72.8 Å². The average molecular weight is 892 g/mol. The molecule has 3 atom stereocenters. The SMILES string of the molecule is O=C(COc1cccc(C(C(=O)OCC2CCN(Cc3ccccc3)CC2)c2ccccc2)c1)N[C@H]1CCN(C(=O)c2ccc(CCNC[C@H](O)c3ccc(O)c4[nH]c(=O)ccc34)cc2)C1. The van der Waals surface area contributed by atoms with E-state index in [0.29, 0.717) is 78.3 Å². The Labute approximate surface area is 384 Å². The number of aromatic nitrogens is 1. The number of pyridine rings is 1. The number of nitrogens with zero attached hydrogens (tertiary/aromatic N) is 2. The molecule has 2 aliphatic rings. The molecule has 0 spiro atoms. The Morgan fingerprint density at radius 3 is 2.30 bits per heavy atom. The number of aromatic amines is 1. The first-order valence-electron chi connectivity index (χ1n) is 22.8. The number of esters is 1. The number of likely N-dealkylation sites (tertiary alicyclic amines) is 2. The van der Waals surface area contributed by atoms with Crippen molar-refractivity contribution in [3.8, 4) is 11.5 Å². The molecule has 0 saturated carbocycles. The summed E-state index contributed by atoms with van der Waals surface area (Å²) in [6.45, 7) is 4.75. The predicted molar refractivity (Wildman–Crippen MR) is 252 cm³/mol. The number of amides is 2. The molecule has 2 saturated heterocycles. The van der Waals surface area contributed by atoms with Gasteiger partial charge in [0.05, 0.1) is 18.2 Å². The summed E-state index contributed by atoms with van der Waals surface area (Å²) in [7, 11) is 0. The van der Waals surface area contributed by atoms with Crippen LogP contribution in [-0.2, 0) is 27.3 Å². The van der Waals surface area contributed by atoms with Gasteiger partial charge in [0.15, 0.2) is 6.61 Å². The van der Waals surface area contributed by atoms with E-state index in [1.165, 1.54) is 17.7 Å². The fourth-order valence-corrected chi connectivity index (χ4v) is 8.94. The minimum Gasteiger partial charge on any atom is -0.506 e. The summed E-state index contributed by atoms with van der Waals surface area (Å²) in [5, 5.41) is 27.8. The van der Waals surface area contributed by atoms with Crippen LogP contribution in [0.5, 0.6) is 11.5 Å². The lowest BCUT2D eigenvalue weighted by atomic mass is 9.91. The van der Waals surface area contributed by atoms with E-state index in [1.54, 1.807) is 29.2 Å². The van der Waals surface area contributed by atoms with Gasteiger partial charge in [0, 0.05) is 49.2 Å². The molecule has 0 aliphatic carbocycles. The molecular weight excluding hydrogens is 835 g/mol. The molecule has 2 amide bonds. The highest BCUT2D eigenvalue weighted by atomic mass is 16.5. The van der Waals surface area contributed by atoms with Gasteiger partial charge in [0.2, 0.25) is 5.56 Å². The number of piperidine rings is 1. The van der Waals surface area contributed by atoms with Crippen LogP contribution in [0.3, 0.4) is 0 Å². The number of fused-ring (bicyclic) bond motifs is 1. The second-order valence-corrected chi connectivity index (χ2v) is 17.3. The van der Waals surface area contributed by atoms with Crippen LogP contribution in [0.2, 0.25) is 0 Å². The van der Waals surface area contributed by atoms with Crippen LogP contribution in [0, 0.1) is 5.92 Å². The minimum absolute atomic E-state index is 0.0578. The molecule has 8 rings (SSSR count). The molecule has 342 valence electrons. The molecule has 2 aliphatic heterocycles. The van der Waals surface area contributed by atoms with Gasteiger partial charge < -0.3 is 40.2 Å². The zero-order chi connectivity index (χ0) is 45.8. The summed E-state index contributed by atoms with van der Waals surface area (Å²) < 4.78 is 12.0. The number of aromatic hydroxyl groups is 1. The molecule has 2 fully saturated rings. The van der Waals surface area contributed by atoms with Gasteiger partial charge in [-0.1, -0.05) is 91.0 Å². The Balaban J connectivity index is 0.767. The Morgan fingerprint density at radius 1 is 0.788 bits per heavy atom. The summed E-state index contributed by atoms with van der Waals surface area (Å²) in [4.78, 5) is 58.8. The zero-order valence-corrected chi connectivity index (χ0v) is 36.9. The number of carbonyl (C=O) groups is 3. The Hall–Kier alpha value is -6.80. The van der Waals surface area contributed by atoms with Crippen molar-refractivity contribution in [3.05, 3.63) is 177 Å². The molecule has 66 heavy (non-hydrogen) atoms. The lowest BCUT2D eigenvalue weighted by molar-refractivity contribution is -0.146. The lowest BCUT2D eigenvalue weighted by Gasteiger charge is -2.32. The maximum absolute atomic E-state index is 13.8. The van der Waals surface area contributed by atoms with Crippen molar-refractivity contribution < 1.29 is 34.1 Å². The zero-order valence-electron chi connectivity index (χ0n) is 36.9. The van der Waals surface area contributed by atoms with E-state index in [4.69, 9.17) is 9.47 Å². The van der Waals surface area contributed by atoms with Crippen LogP contribution in [-0.4, -0.2) is 101 Å². The quantitative estimate of drug-likeness (QED) is 0.0502. The number of H-pyrrole nitrogens is 1. The molecule has 13 heteroatoms. The van der Waals surface area contributed by atoms with Gasteiger partial charge >= 0.3 is 5.97 Å². The average Bonchev–Trinajstić information content (AvgIpc) is 3.81. The minimum atomic E-state index is -0.856. The van der Waals surface area contributed by atoms with E-state index < -0.39 is 12.0 Å². The summed E-state index contributed by atoms with van der Waals surface area (Å²) >= 11 is 0. The molecule has 6 aromatic rings. The highest BCUT2D eigenvalue weighted by molar-refractivity contribution is 5.94. The molecule has 0 radical (unpaired) electrons. The predicted octanol–water partition coefficient (Wildman–Crippen LogP) is 6.10. The van der Waals surface area contributed by atoms with E-state index in [-0.39, 0.29) is 48.3 Å². The maximum Gasteiger partial charge on any atom is 0.317 e. The fraction of sp³-hybridized carbons (Fsp3) is 0.321. The number of aliphatic hydroxyl groups is 1. The van der Waals surface area contributed by atoms with Gasteiger partial charge in [0.1, 0.15) is 17.4 Å². The third kappa shape index (κ3) is 11.9. The second-order valence-electron chi connectivity index (χ2n) is 17.3. The van der Waals surface area contributed by atoms with E-state index in [0.717, 1.165) is 43.6 Å². The van der Waals surface area contributed by atoms with E-state index >= 15 is 0 Å². The molecule has 1 aromatic heterocycles. The Bertz CT molecular complexity index is 2630. The number of rotatable bonds is 18. The van der Waals surface area contributed by atoms with Crippen molar-refractivity contribution in [2.75, 3.05) is 52.5 Å². The van der Waals surface area contributed by atoms with Crippen molar-refractivity contribution in [3.63, 3.8) is 0 Å².